The highest BCUT2D eigenvalue weighted by Crippen LogP contribution is 2.14. The predicted octanol–water partition coefficient (Wildman–Crippen LogP) is 2.31. The number of oxazole rings is 1. The highest BCUT2D eigenvalue weighted by atomic mass is 19.1. The van der Waals surface area contributed by atoms with Gasteiger partial charge >= 0.3 is 0 Å². The Bertz CT molecular complexity index is 876. The van der Waals surface area contributed by atoms with E-state index in [1.54, 1.807) is 19.9 Å². The van der Waals surface area contributed by atoms with Crippen molar-refractivity contribution in [1.82, 2.24) is 25.5 Å². The quantitative estimate of drug-likeness (QED) is 0.710. The van der Waals surface area contributed by atoms with Gasteiger partial charge in [-0.15, -0.1) is 0 Å². The van der Waals surface area contributed by atoms with Crippen molar-refractivity contribution in [1.29, 1.82) is 0 Å². The van der Waals surface area contributed by atoms with E-state index in [-0.39, 0.29) is 24.2 Å². The summed E-state index contributed by atoms with van der Waals surface area (Å²) in [6.07, 6.45) is 1.23. The van der Waals surface area contributed by atoms with Crippen LogP contribution >= 0.6 is 0 Å². The molecule has 130 valence electrons. The maximum Gasteiger partial charge on any atom is 0.273 e. The summed E-state index contributed by atoms with van der Waals surface area (Å²) in [5, 5.41) is 9.43. The molecule has 3 aromatic rings. The molecule has 3 rings (SSSR count). The number of nitrogens with zero attached hydrogens (tertiary/aromatic N) is 3. The standard InChI is InChI=1S/C16H16FN5O3/c1-9(15-19-10(2)21-22-15)18-16(23)13-7-25-14(20-13)8-24-12-5-3-4-11(17)6-12/h3-7,9H,8H2,1-2H3,(H,18,23)(H,19,21,22). The van der Waals surface area contributed by atoms with Crippen LogP contribution in [0.4, 0.5) is 4.39 Å². The smallest absolute Gasteiger partial charge is 0.273 e. The molecule has 0 saturated heterocycles. The van der Waals surface area contributed by atoms with Crippen LogP contribution in [0.3, 0.4) is 0 Å². The van der Waals surface area contributed by atoms with Crippen LogP contribution in [0.1, 0.15) is 41.0 Å². The molecule has 0 spiro atoms. The van der Waals surface area contributed by atoms with Crippen molar-refractivity contribution < 1.29 is 18.3 Å². The van der Waals surface area contributed by atoms with Crippen molar-refractivity contribution in [2.24, 2.45) is 0 Å². The number of aromatic nitrogens is 4. The molecule has 0 bridgehead atoms. The van der Waals surface area contributed by atoms with Gasteiger partial charge in [-0.05, 0) is 26.0 Å². The number of aromatic amines is 1. The first-order valence-corrected chi connectivity index (χ1v) is 7.54. The van der Waals surface area contributed by atoms with Crippen molar-refractivity contribution in [2.75, 3.05) is 0 Å². The maximum absolute atomic E-state index is 13.1. The lowest BCUT2D eigenvalue weighted by Crippen LogP contribution is -2.27. The van der Waals surface area contributed by atoms with Gasteiger partial charge in [-0.1, -0.05) is 6.07 Å². The molecule has 2 N–H and O–H groups in total. The molecule has 2 aromatic heterocycles. The molecule has 0 radical (unpaired) electrons. The van der Waals surface area contributed by atoms with Gasteiger partial charge < -0.3 is 14.5 Å². The van der Waals surface area contributed by atoms with Gasteiger partial charge in [0, 0.05) is 6.07 Å². The fourth-order valence-corrected chi connectivity index (χ4v) is 2.07. The first-order valence-electron chi connectivity index (χ1n) is 7.54. The molecule has 1 amide bonds. The Kier molecular flexibility index (Phi) is 4.73. The lowest BCUT2D eigenvalue weighted by atomic mass is 10.3. The van der Waals surface area contributed by atoms with Crippen LogP contribution in [0, 0.1) is 12.7 Å². The van der Waals surface area contributed by atoms with E-state index >= 15 is 0 Å². The average Bonchev–Trinajstić information content (AvgIpc) is 3.22. The molecule has 1 atom stereocenters. The summed E-state index contributed by atoms with van der Waals surface area (Å²) >= 11 is 0. The van der Waals surface area contributed by atoms with E-state index in [9.17, 15) is 9.18 Å². The summed E-state index contributed by atoms with van der Waals surface area (Å²) in [4.78, 5) is 20.4. The molecule has 0 aliphatic carbocycles. The Morgan fingerprint density at radius 3 is 3.00 bits per heavy atom. The summed E-state index contributed by atoms with van der Waals surface area (Å²) in [5.74, 6) is 0.865. The van der Waals surface area contributed by atoms with Crippen LogP contribution in [0.2, 0.25) is 0 Å². The molecular formula is C16H16FN5O3. The van der Waals surface area contributed by atoms with E-state index in [1.807, 2.05) is 0 Å². The fraction of sp³-hybridized carbons (Fsp3) is 0.250. The van der Waals surface area contributed by atoms with Gasteiger partial charge in [-0.3, -0.25) is 9.89 Å². The lowest BCUT2D eigenvalue weighted by molar-refractivity contribution is 0.0933. The molecule has 1 unspecified atom stereocenters. The summed E-state index contributed by atoms with van der Waals surface area (Å²) in [6.45, 7) is 3.51. The van der Waals surface area contributed by atoms with E-state index in [1.165, 1.54) is 24.5 Å². The molecule has 8 nitrogen and oxygen atoms in total. The third kappa shape index (κ3) is 4.19. The first-order chi connectivity index (χ1) is 12.0. The second-order valence-corrected chi connectivity index (χ2v) is 5.35. The summed E-state index contributed by atoms with van der Waals surface area (Å²) in [5.41, 5.74) is 0.108. The Hall–Kier alpha value is -3.23. The van der Waals surface area contributed by atoms with Crippen LogP contribution in [0.15, 0.2) is 34.9 Å². The van der Waals surface area contributed by atoms with E-state index in [4.69, 9.17) is 9.15 Å². The Labute approximate surface area is 142 Å². The molecule has 0 saturated carbocycles. The number of halogens is 1. The number of ether oxygens (including phenoxy) is 1. The molecule has 1 aromatic carbocycles. The number of H-pyrrole nitrogens is 1. The molecule has 0 aliphatic heterocycles. The lowest BCUT2D eigenvalue weighted by Gasteiger charge is -2.08. The predicted molar refractivity (Wildman–Crippen MR) is 84.2 cm³/mol. The molecule has 0 fully saturated rings. The molecule has 25 heavy (non-hydrogen) atoms. The highest BCUT2D eigenvalue weighted by Gasteiger charge is 2.18. The van der Waals surface area contributed by atoms with E-state index < -0.39 is 11.7 Å². The van der Waals surface area contributed by atoms with Crippen LogP contribution in [-0.2, 0) is 6.61 Å². The second-order valence-electron chi connectivity index (χ2n) is 5.35. The fourth-order valence-electron chi connectivity index (χ4n) is 2.07. The van der Waals surface area contributed by atoms with Crippen molar-refractivity contribution in [3.05, 3.63) is 59.6 Å². The van der Waals surface area contributed by atoms with Gasteiger partial charge in [0.25, 0.3) is 5.91 Å². The summed E-state index contributed by atoms with van der Waals surface area (Å²) < 4.78 is 23.6. The van der Waals surface area contributed by atoms with Crippen LogP contribution < -0.4 is 10.1 Å². The monoisotopic (exact) mass is 345 g/mol. The minimum atomic E-state index is -0.421. The summed E-state index contributed by atoms with van der Waals surface area (Å²) in [6, 6.07) is 5.32. The third-order valence-electron chi connectivity index (χ3n) is 3.29. The number of nitrogens with one attached hydrogen (secondary N) is 2. The van der Waals surface area contributed by atoms with E-state index in [0.717, 1.165) is 0 Å². The van der Waals surface area contributed by atoms with E-state index in [0.29, 0.717) is 17.4 Å². The van der Waals surface area contributed by atoms with Gasteiger partial charge in [-0.2, -0.15) is 5.10 Å². The average molecular weight is 345 g/mol. The normalized spacial score (nSPS) is 12.0. The first kappa shape index (κ1) is 16.6. The van der Waals surface area contributed by atoms with Crippen molar-refractivity contribution >= 4 is 5.91 Å². The van der Waals surface area contributed by atoms with Crippen LogP contribution in [0.25, 0.3) is 0 Å². The maximum atomic E-state index is 13.1. The number of amides is 1. The van der Waals surface area contributed by atoms with Crippen LogP contribution in [-0.4, -0.2) is 26.1 Å². The zero-order chi connectivity index (χ0) is 17.8. The van der Waals surface area contributed by atoms with Gasteiger partial charge in [0.2, 0.25) is 5.89 Å². The Morgan fingerprint density at radius 2 is 2.28 bits per heavy atom. The highest BCUT2D eigenvalue weighted by molar-refractivity contribution is 5.92. The molecule has 0 aliphatic rings. The number of carbonyl (C=O) groups excluding carboxylic acids is 1. The number of benzene rings is 1. The van der Waals surface area contributed by atoms with E-state index in [2.05, 4.69) is 25.5 Å². The number of hydrogen-bond acceptors (Lipinski definition) is 6. The minimum absolute atomic E-state index is 0.0214. The zero-order valence-electron chi connectivity index (χ0n) is 13.6. The largest absolute Gasteiger partial charge is 0.484 e. The van der Waals surface area contributed by atoms with Gasteiger partial charge in [0.1, 0.15) is 23.7 Å². The number of aryl methyl sites for hydroxylation is 1. The summed E-state index contributed by atoms with van der Waals surface area (Å²) in [7, 11) is 0. The van der Waals surface area contributed by atoms with Gasteiger partial charge in [-0.25, -0.2) is 14.4 Å². The van der Waals surface area contributed by atoms with Gasteiger partial charge in [0.15, 0.2) is 18.1 Å². The Morgan fingerprint density at radius 1 is 1.44 bits per heavy atom. The third-order valence-corrected chi connectivity index (χ3v) is 3.29. The number of rotatable bonds is 6. The van der Waals surface area contributed by atoms with Crippen molar-refractivity contribution in [2.45, 2.75) is 26.5 Å². The second kappa shape index (κ2) is 7.12. The van der Waals surface area contributed by atoms with Gasteiger partial charge in [0.05, 0.1) is 6.04 Å². The topological polar surface area (TPSA) is 106 Å². The number of carbonyl (C=O) groups is 1. The van der Waals surface area contributed by atoms with Crippen molar-refractivity contribution in [3.63, 3.8) is 0 Å². The molecule has 2 heterocycles. The molecule has 9 heteroatoms. The Balaban J connectivity index is 1.57. The SMILES string of the molecule is Cc1nc(C(C)NC(=O)c2coc(COc3cccc(F)c3)n2)n[nH]1. The zero-order valence-corrected chi connectivity index (χ0v) is 13.6. The minimum Gasteiger partial charge on any atom is -0.484 e. The molecular weight excluding hydrogens is 329 g/mol. The van der Waals surface area contributed by atoms with Crippen molar-refractivity contribution in [3.8, 4) is 5.75 Å². The van der Waals surface area contributed by atoms with Crippen LogP contribution in [0.5, 0.6) is 5.75 Å². The number of hydrogen-bond donors (Lipinski definition) is 2.